The van der Waals surface area contributed by atoms with Crippen molar-refractivity contribution in [3.63, 3.8) is 0 Å². The van der Waals surface area contributed by atoms with Crippen molar-refractivity contribution in [1.82, 2.24) is 0 Å². The van der Waals surface area contributed by atoms with Crippen LogP contribution in [0.4, 0.5) is 21.7 Å². The van der Waals surface area contributed by atoms with Crippen molar-refractivity contribution in [1.29, 1.82) is 0 Å². The van der Waals surface area contributed by atoms with Crippen molar-refractivity contribution >= 4 is 8.41 Å². The summed E-state index contributed by atoms with van der Waals surface area (Å²) in [6, 6.07) is -0.743. The third-order valence-electron chi connectivity index (χ3n) is 1.28. The van der Waals surface area contributed by atoms with Gasteiger partial charge in [0, 0.05) is 0 Å². The van der Waals surface area contributed by atoms with Gasteiger partial charge in [0.25, 0.3) is 0 Å². The van der Waals surface area contributed by atoms with Gasteiger partial charge in [0.2, 0.25) is 0 Å². The van der Waals surface area contributed by atoms with E-state index >= 15 is 0 Å². The van der Waals surface area contributed by atoms with E-state index in [0.717, 1.165) is 6.92 Å². The van der Waals surface area contributed by atoms with Gasteiger partial charge >= 0.3 is 14.2 Å². The SMILES string of the molecule is CC[Si](F)(CF)C(F)(F)F. The highest BCUT2D eigenvalue weighted by Gasteiger charge is 2.58. The Balaban J connectivity index is 4.33. The molecule has 0 aromatic heterocycles. The Morgan fingerprint density at radius 1 is 1.30 bits per heavy atom. The monoisotopic (exact) mass is 178 g/mol. The smallest absolute Gasteiger partial charge is 0.300 e. The van der Waals surface area contributed by atoms with Crippen LogP contribution in [0, 0.1) is 0 Å². The maximum absolute atomic E-state index is 12.4. The lowest BCUT2D eigenvalue weighted by atomic mass is 11.0. The van der Waals surface area contributed by atoms with E-state index in [-0.39, 0.29) is 0 Å². The average molecular weight is 178 g/mol. The largest absolute Gasteiger partial charge is 0.397 e. The molecule has 0 aliphatic carbocycles. The molecule has 0 N–H and O–H groups in total. The lowest BCUT2D eigenvalue weighted by Crippen LogP contribution is -2.48. The third-order valence-corrected chi connectivity index (χ3v) is 3.84. The van der Waals surface area contributed by atoms with Crippen LogP contribution < -0.4 is 0 Å². The summed E-state index contributed by atoms with van der Waals surface area (Å²) in [7, 11) is -5.07. The minimum Gasteiger partial charge on any atom is -0.300 e. The van der Waals surface area contributed by atoms with Gasteiger partial charge in [-0.25, -0.2) is 0 Å². The molecule has 0 aromatic carbocycles. The predicted octanol–water partition coefficient (Wildman–Crippen LogP) is 2.53. The third kappa shape index (κ3) is 1.68. The average Bonchev–Trinajstić information content (AvgIpc) is 1.84. The molecule has 0 heterocycles. The lowest BCUT2D eigenvalue weighted by molar-refractivity contribution is -0.0664. The van der Waals surface area contributed by atoms with E-state index < -0.39 is 26.5 Å². The summed E-state index contributed by atoms with van der Waals surface area (Å²) in [5.41, 5.74) is 0. The number of halogens is 5. The molecule has 10 heavy (non-hydrogen) atoms. The fraction of sp³-hybridized carbons (Fsp3) is 1.00. The van der Waals surface area contributed by atoms with Crippen molar-refractivity contribution in [3.05, 3.63) is 0 Å². The number of hydrogen-bond donors (Lipinski definition) is 0. The molecule has 0 saturated carbocycles. The van der Waals surface area contributed by atoms with Crippen LogP contribution in [0.15, 0.2) is 0 Å². The molecule has 0 fully saturated rings. The van der Waals surface area contributed by atoms with Gasteiger partial charge in [-0.05, 0) is 6.04 Å². The highest BCUT2D eigenvalue weighted by molar-refractivity contribution is 6.74. The van der Waals surface area contributed by atoms with Crippen LogP contribution in [0.2, 0.25) is 6.04 Å². The zero-order chi connectivity index (χ0) is 8.41. The summed E-state index contributed by atoms with van der Waals surface area (Å²) in [5, 5.41) is 0. The molecular weight excluding hydrogens is 171 g/mol. The minimum atomic E-state index is -5.07. The highest BCUT2D eigenvalue weighted by Crippen LogP contribution is 2.32. The summed E-state index contributed by atoms with van der Waals surface area (Å²) >= 11 is 0. The van der Waals surface area contributed by atoms with Gasteiger partial charge in [0.05, 0.1) is 0 Å². The van der Waals surface area contributed by atoms with Crippen LogP contribution in [0.3, 0.4) is 0 Å². The van der Waals surface area contributed by atoms with Crippen LogP contribution in [0.25, 0.3) is 0 Å². The van der Waals surface area contributed by atoms with Crippen LogP contribution in [0.5, 0.6) is 0 Å². The first-order valence-corrected chi connectivity index (χ1v) is 4.98. The molecule has 62 valence electrons. The van der Waals surface area contributed by atoms with Crippen LogP contribution in [-0.4, -0.2) is 20.5 Å². The fourth-order valence-electron chi connectivity index (χ4n) is 0.371. The van der Waals surface area contributed by atoms with Gasteiger partial charge in [-0.2, -0.15) is 13.2 Å². The van der Waals surface area contributed by atoms with Gasteiger partial charge < -0.3 is 0 Å². The van der Waals surface area contributed by atoms with Crippen LogP contribution in [-0.2, 0) is 0 Å². The Morgan fingerprint density at radius 3 is 1.70 bits per heavy atom. The van der Waals surface area contributed by atoms with Crippen molar-refractivity contribution in [2.75, 3.05) is 6.30 Å². The molecule has 0 radical (unpaired) electrons. The normalized spacial score (nSPS) is 18.6. The molecule has 6 heteroatoms. The Morgan fingerprint density at radius 2 is 1.70 bits per heavy atom. The second kappa shape index (κ2) is 2.85. The molecule has 0 amide bonds. The quantitative estimate of drug-likeness (QED) is 0.346. The Hall–Kier alpha value is -0.133. The molecular formula is C4H7F5Si. The summed E-state index contributed by atoms with van der Waals surface area (Å²) < 4.78 is 58.6. The summed E-state index contributed by atoms with van der Waals surface area (Å²) in [6.45, 7) is 1.01. The van der Waals surface area contributed by atoms with Gasteiger partial charge in [-0.15, -0.1) is 0 Å². The van der Waals surface area contributed by atoms with Gasteiger partial charge in [-0.3, -0.25) is 8.50 Å². The standard InChI is InChI=1S/C4H7F5Si/c1-2-10(9,3-5)4(6,7)8/h2-3H2,1H3. The summed E-state index contributed by atoms with van der Waals surface area (Å²) in [6.07, 6.45) is -1.87. The second-order valence-electron chi connectivity index (χ2n) is 1.95. The Labute approximate surface area is 56.2 Å². The first kappa shape index (κ1) is 9.87. The fourth-order valence-corrected chi connectivity index (χ4v) is 1.11. The van der Waals surface area contributed by atoms with E-state index in [4.69, 9.17) is 0 Å². The van der Waals surface area contributed by atoms with E-state index in [1.54, 1.807) is 0 Å². The Kier molecular flexibility index (Phi) is 2.82. The molecule has 0 bridgehead atoms. The van der Waals surface area contributed by atoms with Gasteiger partial charge in [-0.1, -0.05) is 6.92 Å². The molecule has 0 spiro atoms. The molecule has 0 aliphatic heterocycles. The van der Waals surface area contributed by atoms with E-state index in [9.17, 15) is 21.7 Å². The first-order valence-electron chi connectivity index (χ1n) is 2.69. The zero-order valence-electron chi connectivity index (χ0n) is 5.30. The predicted molar refractivity (Wildman–Crippen MR) is 29.4 cm³/mol. The van der Waals surface area contributed by atoms with E-state index in [0.29, 0.717) is 0 Å². The molecule has 0 rings (SSSR count). The highest BCUT2D eigenvalue weighted by atomic mass is 28.4. The van der Waals surface area contributed by atoms with E-state index in [2.05, 4.69) is 0 Å². The second-order valence-corrected chi connectivity index (χ2v) is 5.42. The molecule has 0 aromatic rings. The molecule has 1 unspecified atom stereocenters. The van der Waals surface area contributed by atoms with Gasteiger partial charge in [0.15, 0.2) is 0 Å². The zero-order valence-corrected chi connectivity index (χ0v) is 6.30. The van der Waals surface area contributed by atoms with Crippen LogP contribution >= 0.6 is 0 Å². The van der Waals surface area contributed by atoms with Crippen molar-refractivity contribution < 1.29 is 21.7 Å². The topological polar surface area (TPSA) is 0 Å². The van der Waals surface area contributed by atoms with Crippen LogP contribution in [0.1, 0.15) is 6.92 Å². The number of hydrogen-bond acceptors (Lipinski definition) is 0. The molecule has 0 aliphatic rings. The maximum atomic E-state index is 12.4. The first-order chi connectivity index (χ1) is 4.37. The van der Waals surface area contributed by atoms with E-state index in [1.165, 1.54) is 0 Å². The molecule has 1 atom stereocenters. The number of rotatable bonds is 2. The van der Waals surface area contributed by atoms with Crippen molar-refractivity contribution in [2.45, 2.75) is 18.8 Å². The van der Waals surface area contributed by atoms with E-state index in [1.807, 2.05) is 0 Å². The van der Waals surface area contributed by atoms with Crippen molar-refractivity contribution in [3.8, 4) is 0 Å². The molecule has 0 nitrogen and oxygen atoms in total. The summed E-state index contributed by atoms with van der Waals surface area (Å²) in [4.78, 5) is 0. The number of alkyl halides is 4. The summed E-state index contributed by atoms with van der Waals surface area (Å²) in [5.74, 6) is -4.95. The molecule has 0 saturated heterocycles. The maximum Gasteiger partial charge on any atom is 0.397 e. The lowest BCUT2D eigenvalue weighted by Gasteiger charge is -2.19. The van der Waals surface area contributed by atoms with Crippen molar-refractivity contribution in [2.24, 2.45) is 0 Å². The van der Waals surface area contributed by atoms with Gasteiger partial charge in [0.1, 0.15) is 6.30 Å². The minimum absolute atomic E-state index is 0.743. The Bertz CT molecular complexity index is 105.